The fraction of sp³-hybridized carbons (Fsp3) is 0.444. The number of rotatable bonds is 0. The molecular weight excluding hydrogens is 240 g/mol. The summed E-state index contributed by atoms with van der Waals surface area (Å²) in [5.41, 5.74) is 3.34. The van der Waals surface area contributed by atoms with Gasteiger partial charge in [-0.3, -0.25) is 15.4 Å². The highest BCUT2D eigenvalue weighted by atomic mass is 16.6. The predicted octanol–water partition coefficient (Wildman–Crippen LogP) is -0.301. The molecule has 0 aliphatic carbocycles. The number of carbonyl (C=O) groups excluding carboxylic acids is 2. The number of nitrogens with one attached hydrogen (secondary N) is 2. The van der Waals surface area contributed by atoms with Crippen molar-refractivity contribution in [2.75, 3.05) is 0 Å². The number of carbonyl (C=O) groups is 2. The lowest BCUT2D eigenvalue weighted by Crippen LogP contribution is -2.36. The number of hydrogen-bond donors (Lipinski definition) is 4. The molecule has 18 heavy (non-hydrogen) atoms. The summed E-state index contributed by atoms with van der Waals surface area (Å²) in [6, 6.07) is -0.396. The van der Waals surface area contributed by atoms with E-state index in [-0.39, 0.29) is 0 Å². The van der Waals surface area contributed by atoms with Crippen LogP contribution in [-0.2, 0) is 4.74 Å². The maximum absolute atomic E-state index is 10.6. The van der Waals surface area contributed by atoms with Crippen LogP contribution in [-0.4, -0.2) is 27.3 Å². The average molecular weight is 258 g/mol. The molecule has 0 atom stereocenters. The zero-order valence-corrected chi connectivity index (χ0v) is 10.5. The van der Waals surface area contributed by atoms with E-state index in [0.717, 1.165) is 0 Å². The third-order valence-electron chi connectivity index (χ3n) is 1.38. The molecule has 0 aromatic carbocycles. The van der Waals surface area contributed by atoms with E-state index in [4.69, 9.17) is 16.4 Å². The van der Waals surface area contributed by atoms with Gasteiger partial charge in [0, 0.05) is 12.4 Å². The fourth-order valence-corrected chi connectivity index (χ4v) is 0.761. The molecular formula is C9H18N6O3. The minimum atomic E-state index is -0.609. The number of nitrogens with zero attached hydrogens (tertiary/aromatic N) is 2. The van der Waals surface area contributed by atoms with Crippen LogP contribution >= 0.6 is 0 Å². The molecule has 0 fully saturated rings. The molecule has 1 rings (SSSR count). The summed E-state index contributed by atoms with van der Waals surface area (Å²) in [5, 5.41) is 0. The van der Waals surface area contributed by atoms with Crippen molar-refractivity contribution in [1.82, 2.24) is 20.4 Å². The molecule has 9 nitrogen and oxygen atoms in total. The van der Waals surface area contributed by atoms with Crippen LogP contribution in [0.15, 0.2) is 18.7 Å². The topological polar surface area (TPSA) is 137 Å². The van der Waals surface area contributed by atoms with Crippen LogP contribution in [0.5, 0.6) is 0 Å². The van der Waals surface area contributed by atoms with Gasteiger partial charge < -0.3 is 4.74 Å². The number of aromatic nitrogens is 2. The summed E-state index contributed by atoms with van der Waals surface area (Å²) < 4.78 is 5.95. The molecule has 0 radical (unpaired) electrons. The van der Waals surface area contributed by atoms with E-state index >= 15 is 0 Å². The van der Waals surface area contributed by atoms with Crippen LogP contribution in [0.4, 0.5) is 9.59 Å². The first-order chi connectivity index (χ1) is 8.30. The highest BCUT2D eigenvalue weighted by Gasteiger charge is 2.14. The largest absolute Gasteiger partial charge is 0.443 e. The number of ether oxygens (including phenoxy) is 1. The number of imidazole rings is 1. The third-order valence-corrected chi connectivity index (χ3v) is 1.38. The van der Waals surface area contributed by atoms with Gasteiger partial charge in [0.1, 0.15) is 11.9 Å². The van der Waals surface area contributed by atoms with Gasteiger partial charge in [-0.25, -0.2) is 26.3 Å². The van der Waals surface area contributed by atoms with Gasteiger partial charge in [-0.15, -0.1) is 0 Å². The highest BCUT2D eigenvalue weighted by Crippen LogP contribution is 2.05. The molecule has 9 heteroatoms. The Labute approximate surface area is 104 Å². The van der Waals surface area contributed by atoms with Crippen molar-refractivity contribution in [3.8, 4) is 0 Å². The molecule has 0 saturated carbocycles. The Balaban J connectivity index is 0.000000321. The fourth-order valence-electron chi connectivity index (χ4n) is 0.761. The van der Waals surface area contributed by atoms with E-state index in [1.54, 1.807) is 20.8 Å². The van der Waals surface area contributed by atoms with Crippen LogP contribution in [0.3, 0.4) is 0 Å². The van der Waals surface area contributed by atoms with Crippen molar-refractivity contribution in [3.05, 3.63) is 18.7 Å². The molecule has 2 amide bonds. The van der Waals surface area contributed by atoms with Crippen molar-refractivity contribution in [2.45, 2.75) is 26.4 Å². The Morgan fingerprint density at radius 2 is 1.89 bits per heavy atom. The predicted molar refractivity (Wildman–Crippen MR) is 63.9 cm³/mol. The second kappa shape index (κ2) is 7.25. The summed E-state index contributed by atoms with van der Waals surface area (Å²) in [6.07, 6.45) is 3.75. The van der Waals surface area contributed by atoms with E-state index in [2.05, 4.69) is 4.98 Å². The molecule has 6 N–H and O–H groups in total. The number of amides is 2. The SMILES string of the molecule is CC(C)(C)OC(=O)NN.NNC(=O)n1ccnc1. The van der Waals surface area contributed by atoms with Crippen LogP contribution in [0.2, 0.25) is 0 Å². The van der Waals surface area contributed by atoms with Gasteiger partial charge in [0.05, 0.1) is 0 Å². The Morgan fingerprint density at radius 3 is 2.17 bits per heavy atom. The standard InChI is InChI=1S/C5H12N2O2.C4H6N4O/c1-5(2,3)9-4(8)7-6;5-7-4(9)8-2-1-6-3-8/h6H2,1-3H3,(H,7,8);1-3H,5H2,(H,7,9). The first-order valence-electron chi connectivity index (χ1n) is 4.98. The minimum absolute atomic E-state index is 0.396. The van der Waals surface area contributed by atoms with Crippen molar-refractivity contribution in [2.24, 2.45) is 11.7 Å². The number of hydrogen-bond acceptors (Lipinski definition) is 6. The summed E-state index contributed by atoms with van der Waals surface area (Å²) in [6.45, 7) is 5.30. The Kier molecular flexibility index (Phi) is 6.39. The molecule has 102 valence electrons. The summed E-state index contributed by atoms with van der Waals surface area (Å²) >= 11 is 0. The Bertz CT molecular complexity index is 370. The zero-order valence-electron chi connectivity index (χ0n) is 10.5. The van der Waals surface area contributed by atoms with Crippen LogP contribution in [0.1, 0.15) is 20.8 Å². The third kappa shape index (κ3) is 7.19. The second-order valence-electron chi connectivity index (χ2n) is 4.07. The van der Waals surface area contributed by atoms with Crippen molar-refractivity contribution in [1.29, 1.82) is 0 Å². The first kappa shape index (κ1) is 15.9. The molecule has 0 aliphatic rings. The monoisotopic (exact) mass is 258 g/mol. The van der Waals surface area contributed by atoms with Crippen molar-refractivity contribution >= 4 is 12.1 Å². The van der Waals surface area contributed by atoms with E-state index in [1.807, 2.05) is 10.9 Å². The van der Waals surface area contributed by atoms with Gasteiger partial charge in [-0.1, -0.05) is 0 Å². The van der Waals surface area contributed by atoms with Crippen LogP contribution in [0.25, 0.3) is 0 Å². The summed E-state index contributed by atoms with van der Waals surface area (Å²) in [5.74, 6) is 9.57. The molecule has 1 aromatic rings. The number of hydrazine groups is 2. The average Bonchev–Trinajstić information content (AvgIpc) is 2.80. The van der Waals surface area contributed by atoms with E-state index in [1.165, 1.54) is 23.3 Å². The molecule has 0 bridgehead atoms. The Hall–Kier alpha value is -2.13. The molecule has 1 aromatic heterocycles. The maximum atomic E-state index is 10.6. The molecule has 1 heterocycles. The molecule has 0 unspecified atom stereocenters. The van der Waals surface area contributed by atoms with E-state index in [0.29, 0.717) is 0 Å². The Morgan fingerprint density at radius 1 is 1.28 bits per heavy atom. The van der Waals surface area contributed by atoms with Gasteiger partial charge >= 0.3 is 12.1 Å². The number of nitrogens with two attached hydrogens (primary N) is 2. The quantitative estimate of drug-likeness (QED) is 0.286. The van der Waals surface area contributed by atoms with E-state index < -0.39 is 17.7 Å². The lowest BCUT2D eigenvalue weighted by atomic mass is 10.2. The molecule has 0 saturated heterocycles. The summed E-state index contributed by atoms with van der Waals surface area (Å²) in [4.78, 5) is 24.6. The highest BCUT2D eigenvalue weighted by molar-refractivity contribution is 5.75. The van der Waals surface area contributed by atoms with Gasteiger partial charge in [-0.2, -0.15) is 0 Å². The first-order valence-corrected chi connectivity index (χ1v) is 4.98. The normalized spacial score (nSPS) is 9.83. The lowest BCUT2D eigenvalue weighted by molar-refractivity contribution is 0.0527. The number of nitrogen functional groups attached to an aromatic ring is 1. The van der Waals surface area contributed by atoms with Gasteiger partial charge in [0.2, 0.25) is 0 Å². The van der Waals surface area contributed by atoms with Gasteiger partial charge in [0.25, 0.3) is 0 Å². The van der Waals surface area contributed by atoms with E-state index in [9.17, 15) is 9.59 Å². The van der Waals surface area contributed by atoms with Crippen molar-refractivity contribution in [3.63, 3.8) is 0 Å². The van der Waals surface area contributed by atoms with Gasteiger partial charge in [-0.05, 0) is 20.8 Å². The lowest BCUT2D eigenvalue weighted by Gasteiger charge is -2.18. The minimum Gasteiger partial charge on any atom is -0.443 e. The van der Waals surface area contributed by atoms with Crippen molar-refractivity contribution < 1.29 is 14.3 Å². The maximum Gasteiger partial charge on any atom is 0.421 e. The second-order valence-corrected chi connectivity index (χ2v) is 4.07. The molecule has 0 aliphatic heterocycles. The van der Waals surface area contributed by atoms with Crippen LogP contribution in [0, 0.1) is 0 Å². The van der Waals surface area contributed by atoms with Crippen LogP contribution < -0.4 is 22.5 Å². The zero-order chi connectivity index (χ0) is 14.2. The smallest absolute Gasteiger partial charge is 0.421 e. The summed E-state index contributed by atoms with van der Waals surface area (Å²) in [7, 11) is 0. The molecule has 0 spiro atoms. The van der Waals surface area contributed by atoms with Gasteiger partial charge in [0.15, 0.2) is 0 Å².